The summed E-state index contributed by atoms with van der Waals surface area (Å²) in [5.41, 5.74) is 2.66. The zero-order valence-corrected chi connectivity index (χ0v) is 10.7. The highest BCUT2D eigenvalue weighted by molar-refractivity contribution is 9.10. The molecule has 0 aliphatic carbocycles. The van der Waals surface area contributed by atoms with Crippen molar-refractivity contribution in [3.63, 3.8) is 0 Å². The van der Waals surface area contributed by atoms with Gasteiger partial charge in [0, 0.05) is 9.50 Å². The normalized spacial score (nSPS) is 10.4. The highest BCUT2D eigenvalue weighted by Gasteiger charge is 2.06. The molecule has 0 radical (unpaired) electrons. The molecule has 0 unspecified atom stereocenters. The summed E-state index contributed by atoms with van der Waals surface area (Å²) in [4.78, 5) is 0. The van der Waals surface area contributed by atoms with Gasteiger partial charge >= 0.3 is 0 Å². The molecule has 0 saturated carbocycles. The predicted molar refractivity (Wildman–Crippen MR) is 69.4 cm³/mol. The van der Waals surface area contributed by atoms with Gasteiger partial charge in [0.05, 0.1) is 0 Å². The minimum Gasteiger partial charge on any atom is -0.246 e. The molecule has 0 aliphatic rings. The van der Waals surface area contributed by atoms with Crippen LogP contribution in [0.4, 0.5) is 4.39 Å². The first-order valence-corrected chi connectivity index (χ1v) is 5.99. The van der Waals surface area contributed by atoms with Gasteiger partial charge in [-0.1, -0.05) is 41.9 Å². The predicted octanol–water partition coefficient (Wildman–Crippen LogP) is 5.24. The van der Waals surface area contributed by atoms with E-state index in [2.05, 4.69) is 15.9 Å². The van der Waals surface area contributed by atoms with E-state index in [4.69, 9.17) is 11.6 Å². The molecule has 2 rings (SSSR count). The fourth-order valence-corrected chi connectivity index (χ4v) is 2.26. The molecule has 0 aliphatic heterocycles. The number of hydrogen-bond donors (Lipinski definition) is 0. The zero-order chi connectivity index (χ0) is 11.5. The van der Waals surface area contributed by atoms with Gasteiger partial charge in [-0.3, -0.25) is 0 Å². The van der Waals surface area contributed by atoms with E-state index in [0.717, 1.165) is 15.6 Å². The molecular formula is C13H9BrClF. The Balaban J connectivity index is 2.51. The summed E-state index contributed by atoms with van der Waals surface area (Å²) in [5, 5.41) is 0.696. The fraction of sp³-hybridized carbons (Fsp3) is 0.0769. The maximum absolute atomic E-state index is 12.7. The first kappa shape index (κ1) is 11.6. The Hall–Kier alpha value is -0.860. The molecule has 0 bridgehead atoms. The Morgan fingerprint density at radius 1 is 1.06 bits per heavy atom. The Morgan fingerprint density at radius 2 is 1.75 bits per heavy atom. The van der Waals surface area contributed by atoms with Crippen LogP contribution in [-0.4, -0.2) is 0 Å². The van der Waals surface area contributed by atoms with E-state index in [-0.39, 0.29) is 0 Å². The summed E-state index contributed by atoms with van der Waals surface area (Å²) >= 11 is 9.25. The van der Waals surface area contributed by atoms with Gasteiger partial charge < -0.3 is 0 Å². The highest BCUT2D eigenvalue weighted by Crippen LogP contribution is 2.32. The quantitative estimate of drug-likeness (QED) is 0.711. The molecule has 0 nitrogen and oxygen atoms in total. The van der Waals surface area contributed by atoms with Crippen LogP contribution in [0, 0.1) is 0 Å². The van der Waals surface area contributed by atoms with Crippen LogP contribution < -0.4 is 0 Å². The van der Waals surface area contributed by atoms with E-state index in [1.165, 1.54) is 0 Å². The van der Waals surface area contributed by atoms with E-state index in [1.54, 1.807) is 6.07 Å². The number of halogens is 3. The van der Waals surface area contributed by atoms with Gasteiger partial charge in [-0.15, -0.1) is 0 Å². The van der Waals surface area contributed by atoms with Crippen LogP contribution in [0.3, 0.4) is 0 Å². The van der Waals surface area contributed by atoms with Crippen LogP contribution in [0.25, 0.3) is 11.1 Å². The van der Waals surface area contributed by atoms with Gasteiger partial charge in [-0.25, -0.2) is 4.39 Å². The number of hydrogen-bond acceptors (Lipinski definition) is 0. The largest absolute Gasteiger partial charge is 0.246 e. The molecule has 2 aromatic rings. The zero-order valence-electron chi connectivity index (χ0n) is 8.38. The summed E-state index contributed by atoms with van der Waals surface area (Å²) in [6.45, 7) is -0.470. The second-order valence-electron chi connectivity index (χ2n) is 3.42. The molecule has 0 atom stereocenters. The first-order chi connectivity index (χ1) is 7.72. The van der Waals surface area contributed by atoms with Crippen LogP contribution >= 0.6 is 27.5 Å². The van der Waals surface area contributed by atoms with E-state index in [1.807, 2.05) is 36.4 Å². The summed E-state index contributed by atoms with van der Waals surface area (Å²) in [5.74, 6) is 0. The van der Waals surface area contributed by atoms with Gasteiger partial charge in [0.2, 0.25) is 0 Å². The lowest BCUT2D eigenvalue weighted by Crippen LogP contribution is -1.86. The number of alkyl halides is 1. The van der Waals surface area contributed by atoms with Crippen molar-refractivity contribution in [3.8, 4) is 11.1 Å². The maximum atomic E-state index is 12.7. The first-order valence-electron chi connectivity index (χ1n) is 4.81. The number of benzene rings is 2. The van der Waals surface area contributed by atoms with Gasteiger partial charge in [-0.05, 0) is 44.8 Å². The van der Waals surface area contributed by atoms with Gasteiger partial charge in [0.1, 0.15) is 6.67 Å². The average molecular weight is 300 g/mol. The van der Waals surface area contributed by atoms with Crippen molar-refractivity contribution in [3.05, 3.63) is 57.5 Å². The minimum absolute atomic E-state index is 0.470. The van der Waals surface area contributed by atoms with Crippen LogP contribution in [0.1, 0.15) is 5.56 Å². The van der Waals surface area contributed by atoms with Crippen LogP contribution in [-0.2, 0) is 6.67 Å². The fourth-order valence-electron chi connectivity index (χ4n) is 1.54. The van der Waals surface area contributed by atoms with Crippen molar-refractivity contribution in [1.29, 1.82) is 0 Å². The van der Waals surface area contributed by atoms with Crippen molar-refractivity contribution >= 4 is 27.5 Å². The Bertz CT molecular complexity index is 494. The molecule has 3 heteroatoms. The molecule has 0 amide bonds. The van der Waals surface area contributed by atoms with E-state index in [0.29, 0.717) is 10.6 Å². The summed E-state index contributed by atoms with van der Waals surface area (Å²) in [6, 6.07) is 13.1. The average Bonchev–Trinajstić information content (AvgIpc) is 2.31. The van der Waals surface area contributed by atoms with E-state index >= 15 is 0 Å². The van der Waals surface area contributed by atoms with Crippen LogP contribution in [0.2, 0.25) is 5.02 Å². The molecule has 2 aromatic carbocycles. The van der Waals surface area contributed by atoms with Crippen molar-refractivity contribution in [2.45, 2.75) is 6.67 Å². The molecular weight excluding hydrogens is 290 g/mol. The molecule has 0 saturated heterocycles. The summed E-state index contributed by atoms with van der Waals surface area (Å²) < 4.78 is 13.5. The van der Waals surface area contributed by atoms with Crippen molar-refractivity contribution in [1.82, 2.24) is 0 Å². The Kier molecular flexibility index (Phi) is 3.62. The smallest absolute Gasteiger partial charge is 0.116 e. The molecule has 0 fully saturated rings. The van der Waals surface area contributed by atoms with Gasteiger partial charge in [0.15, 0.2) is 0 Å². The molecule has 0 N–H and O–H groups in total. The van der Waals surface area contributed by atoms with Gasteiger partial charge in [-0.2, -0.15) is 0 Å². The highest BCUT2D eigenvalue weighted by atomic mass is 79.9. The molecule has 82 valence electrons. The monoisotopic (exact) mass is 298 g/mol. The summed E-state index contributed by atoms with van der Waals surface area (Å²) in [7, 11) is 0. The second-order valence-corrected chi connectivity index (χ2v) is 4.65. The van der Waals surface area contributed by atoms with E-state index < -0.39 is 6.67 Å². The second kappa shape index (κ2) is 4.98. The maximum Gasteiger partial charge on any atom is 0.116 e. The topological polar surface area (TPSA) is 0 Å². The third-order valence-corrected chi connectivity index (χ3v) is 3.57. The third-order valence-electron chi connectivity index (χ3n) is 2.38. The molecule has 0 aromatic heterocycles. The summed E-state index contributed by atoms with van der Waals surface area (Å²) in [6.07, 6.45) is 0. The van der Waals surface area contributed by atoms with Crippen LogP contribution in [0.5, 0.6) is 0 Å². The minimum atomic E-state index is -0.470. The Morgan fingerprint density at radius 3 is 2.38 bits per heavy atom. The standard InChI is InChI=1S/C13H9BrClF/c14-13-10(8-16)2-1-3-12(13)9-4-6-11(15)7-5-9/h1-7H,8H2. The molecule has 0 heterocycles. The SMILES string of the molecule is FCc1cccc(-c2ccc(Cl)cc2)c1Br. The van der Waals surface area contributed by atoms with Crippen LogP contribution in [0.15, 0.2) is 46.9 Å². The third kappa shape index (κ3) is 2.28. The lowest BCUT2D eigenvalue weighted by Gasteiger charge is -2.07. The van der Waals surface area contributed by atoms with E-state index in [9.17, 15) is 4.39 Å². The van der Waals surface area contributed by atoms with Crippen molar-refractivity contribution in [2.75, 3.05) is 0 Å². The Labute approximate surface area is 107 Å². The number of rotatable bonds is 2. The lowest BCUT2D eigenvalue weighted by molar-refractivity contribution is 0.484. The molecule has 16 heavy (non-hydrogen) atoms. The van der Waals surface area contributed by atoms with Crippen molar-refractivity contribution < 1.29 is 4.39 Å². The van der Waals surface area contributed by atoms with Crippen molar-refractivity contribution in [2.24, 2.45) is 0 Å². The van der Waals surface area contributed by atoms with Gasteiger partial charge in [0.25, 0.3) is 0 Å². The lowest BCUT2D eigenvalue weighted by atomic mass is 10.0. The molecule has 0 spiro atoms.